The average molecular weight is 409 g/mol. The summed E-state index contributed by atoms with van der Waals surface area (Å²) in [4.78, 5) is 28.0. The summed E-state index contributed by atoms with van der Waals surface area (Å²) >= 11 is 0. The van der Waals surface area contributed by atoms with Crippen molar-refractivity contribution in [1.82, 2.24) is 10.2 Å². The van der Waals surface area contributed by atoms with E-state index in [4.69, 9.17) is 0 Å². The minimum absolute atomic E-state index is 0.134. The van der Waals surface area contributed by atoms with Crippen molar-refractivity contribution in [3.8, 4) is 0 Å². The maximum Gasteiger partial charge on any atom is 0.226 e. The van der Waals surface area contributed by atoms with E-state index in [-0.39, 0.29) is 17.7 Å². The van der Waals surface area contributed by atoms with Gasteiger partial charge in [0.25, 0.3) is 0 Å². The van der Waals surface area contributed by atoms with Crippen LogP contribution in [0.4, 0.5) is 0 Å². The van der Waals surface area contributed by atoms with Crippen molar-refractivity contribution in [2.24, 2.45) is 17.3 Å². The van der Waals surface area contributed by atoms with Crippen molar-refractivity contribution in [1.29, 1.82) is 0 Å². The minimum atomic E-state index is -0.427. The summed E-state index contributed by atoms with van der Waals surface area (Å²) < 4.78 is 0. The molecule has 1 saturated heterocycles. The summed E-state index contributed by atoms with van der Waals surface area (Å²) in [5.41, 5.74) is 0.766. The largest absolute Gasteiger partial charge is 0.355 e. The van der Waals surface area contributed by atoms with Gasteiger partial charge in [0.05, 0.1) is 5.41 Å². The number of aryl methyl sites for hydroxylation is 1. The highest BCUT2D eigenvalue weighted by Gasteiger charge is 2.45. The zero-order chi connectivity index (χ0) is 21.4. The van der Waals surface area contributed by atoms with Gasteiger partial charge >= 0.3 is 0 Å². The number of piperidine rings is 1. The summed E-state index contributed by atoms with van der Waals surface area (Å²) in [5, 5.41) is 3.22. The van der Waals surface area contributed by atoms with Crippen molar-refractivity contribution >= 4 is 11.8 Å². The molecule has 3 rings (SSSR count). The SMILES string of the molecule is C/C=C\C=C/C(C)C1(C(=O)NCC2CC2)CCN(C(=O)CCc2ccccc2)CC1. The van der Waals surface area contributed by atoms with Crippen LogP contribution in [-0.2, 0) is 16.0 Å². The molecule has 1 unspecified atom stereocenters. The van der Waals surface area contributed by atoms with E-state index >= 15 is 0 Å². The van der Waals surface area contributed by atoms with Gasteiger partial charge < -0.3 is 10.2 Å². The molecule has 1 aliphatic carbocycles. The van der Waals surface area contributed by atoms with E-state index in [1.54, 1.807) is 0 Å². The fourth-order valence-electron chi connectivity index (χ4n) is 4.36. The van der Waals surface area contributed by atoms with Crippen LogP contribution < -0.4 is 5.32 Å². The zero-order valence-corrected chi connectivity index (χ0v) is 18.5. The van der Waals surface area contributed by atoms with Crippen LogP contribution in [0.2, 0.25) is 0 Å². The Labute approximate surface area is 181 Å². The van der Waals surface area contributed by atoms with Crippen molar-refractivity contribution in [3.05, 3.63) is 60.2 Å². The molecule has 1 aromatic carbocycles. The first kappa shape index (κ1) is 22.3. The molecular formula is C26H36N2O2. The number of allylic oxidation sites excluding steroid dienone is 4. The quantitative estimate of drug-likeness (QED) is 0.611. The van der Waals surface area contributed by atoms with Gasteiger partial charge in [-0.2, -0.15) is 0 Å². The molecule has 2 aliphatic rings. The van der Waals surface area contributed by atoms with Crippen LogP contribution >= 0.6 is 0 Å². The number of nitrogens with one attached hydrogen (secondary N) is 1. The minimum Gasteiger partial charge on any atom is -0.355 e. The van der Waals surface area contributed by atoms with E-state index in [0.29, 0.717) is 25.4 Å². The molecule has 162 valence electrons. The Morgan fingerprint density at radius 1 is 1.17 bits per heavy atom. The summed E-state index contributed by atoms with van der Waals surface area (Å²) in [6, 6.07) is 10.2. The highest BCUT2D eigenvalue weighted by atomic mass is 16.2. The lowest BCUT2D eigenvalue weighted by atomic mass is 9.68. The first-order valence-corrected chi connectivity index (χ1v) is 11.4. The Bertz CT molecular complexity index is 756. The number of hydrogen-bond acceptors (Lipinski definition) is 2. The molecule has 1 heterocycles. The summed E-state index contributed by atoms with van der Waals surface area (Å²) in [6.07, 6.45) is 13.4. The second kappa shape index (κ2) is 10.6. The second-order valence-corrected chi connectivity index (χ2v) is 8.88. The molecule has 2 fully saturated rings. The summed E-state index contributed by atoms with van der Waals surface area (Å²) in [6.45, 7) is 6.25. The molecule has 0 bridgehead atoms. The number of rotatable bonds is 9. The lowest BCUT2D eigenvalue weighted by molar-refractivity contribution is -0.142. The molecular weight excluding hydrogens is 372 g/mol. The molecule has 0 radical (unpaired) electrons. The fourth-order valence-corrected chi connectivity index (χ4v) is 4.36. The van der Waals surface area contributed by atoms with Gasteiger partial charge in [-0.25, -0.2) is 0 Å². The third-order valence-electron chi connectivity index (χ3n) is 6.75. The van der Waals surface area contributed by atoms with Gasteiger partial charge in [-0.3, -0.25) is 9.59 Å². The molecule has 1 aromatic rings. The number of benzene rings is 1. The van der Waals surface area contributed by atoms with E-state index in [0.717, 1.165) is 25.8 Å². The lowest BCUT2D eigenvalue weighted by Gasteiger charge is -2.43. The van der Waals surface area contributed by atoms with Crippen LogP contribution in [0.1, 0.15) is 51.5 Å². The van der Waals surface area contributed by atoms with Gasteiger partial charge in [0.15, 0.2) is 0 Å². The summed E-state index contributed by atoms with van der Waals surface area (Å²) in [5.74, 6) is 1.17. The highest BCUT2D eigenvalue weighted by molar-refractivity contribution is 5.84. The number of amides is 2. The molecule has 4 heteroatoms. The standard InChI is InChI=1S/C26H36N2O2/c1-3-4-6-9-21(2)26(25(30)27-20-23-12-13-23)16-18-28(19-17-26)24(29)15-14-22-10-7-5-8-11-22/h3-11,21,23H,12-20H2,1-2H3,(H,27,30)/b4-3-,9-6-. The van der Waals surface area contributed by atoms with Crippen LogP contribution in [0.3, 0.4) is 0 Å². The average Bonchev–Trinajstić information content (AvgIpc) is 3.61. The molecule has 1 N–H and O–H groups in total. The van der Waals surface area contributed by atoms with E-state index in [1.807, 2.05) is 48.3 Å². The normalized spacial score (nSPS) is 19.9. The number of carbonyl (C=O) groups excluding carboxylic acids is 2. The Morgan fingerprint density at radius 3 is 2.50 bits per heavy atom. The third kappa shape index (κ3) is 5.84. The zero-order valence-electron chi connectivity index (χ0n) is 18.5. The van der Waals surface area contributed by atoms with E-state index < -0.39 is 5.41 Å². The van der Waals surface area contributed by atoms with Crippen molar-refractivity contribution < 1.29 is 9.59 Å². The third-order valence-corrected chi connectivity index (χ3v) is 6.75. The maximum absolute atomic E-state index is 13.2. The molecule has 4 nitrogen and oxygen atoms in total. The Morgan fingerprint density at radius 2 is 1.87 bits per heavy atom. The van der Waals surface area contributed by atoms with E-state index in [9.17, 15) is 9.59 Å². The van der Waals surface area contributed by atoms with Crippen molar-refractivity contribution in [2.75, 3.05) is 19.6 Å². The van der Waals surface area contributed by atoms with E-state index in [1.165, 1.54) is 18.4 Å². The lowest BCUT2D eigenvalue weighted by Crippen LogP contribution is -2.53. The predicted molar refractivity (Wildman–Crippen MR) is 122 cm³/mol. The van der Waals surface area contributed by atoms with Crippen LogP contribution in [0.5, 0.6) is 0 Å². The number of nitrogens with zero attached hydrogens (tertiary/aromatic N) is 1. The molecule has 1 atom stereocenters. The molecule has 2 amide bonds. The molecule has 30 heavy (non-hydrogen) atoms. The monoisotopic (exact) mass is 408 g/mol. The summed E-state index contributed by atoms with van der Waals surface area (Å²) in [7, 11) is 0. The second-order valence-electron chi connectivity index (χ2n) is 8.88. The van der Waals surface area contributed by atoms with Gasteiger partial charge in [-0.15, -0.1) is 0 Å². The van der Waals surface area contributed by atoms with Gasteiger partial charge in [-0.05, 0) is 56.4 Å². The van der Waals surface area contributed by atoms with Crippen LogP contribution in [0.25, 0.3) is 0 Å². The van der Waals surface area contributed by atoms with Gasteiger partial charge in [-0.1, -0.05) is 61.6 Å². The fraction of sp³-hybridized carbons (Fsp3) is 0.538. The Hall–Kier alpha value is -2.36. The molecule has 1 saturated carbocycles. The van der Waals surface area contributed by atoms with Gasteiger partial charge in [0, 0.05) is 26.1 Å². The number of carbonyl (C=O) groups is 2. The topological polar surface area (TPSA) is 49.4 Å². The Balaban J connectivity index is 1.60. The predicted octanol–water partition coefficient (Wildman–Crippen LogP) is 4.52. The van der Waals surface area contributed by atoms with Gasteiger partial charge in [0.2, 0.25) is 11.8 Å². The molecule has 1 aliphatic heterocycles. The first-order chi connectivity index (χ1) is 14.5. The molecule has 0 spiro atoms. The van der Waals surface area contributed by atoms with Gasteiger partial charge in [0.1, 0.15) is 0 Å². The number of hydrogen-bond donors (Lipinski definition) is 1. The molecule has 0 aromatic heterocycles. The van der Waals surface area contributed by atoms with Crippen LogP contribution in [0.15, 0.2) is 54.6 Å². The van der Waals surface area contributed by atoms with E-state index in [2.05, 4.69) is 30.4 Å². The van der Waals surface area contributed by atoms with Crippen LogP contribution in [-0.4, -0.2) is 36.3 Å². The smallest absolute Gasteiger partial charge is 0.226 e. The van der Waals surface area contributed by atoms with Crippen molar-refractivity contribution in [2.45, 2.75) is 52.4 Å². The van der Waals surface area contributed by atoms with Crippen LogP contribution in [0, 0.1) is 17.3 Å². The maximum atomic E-state index is 13.2. The number of likely N-dealkylation sites (tertiary alicyclic amines) is 1. The first-order valence-electron chi connectivity index (χ1n) is 11.4. The van der Waals surface area contributed by atoms with Crippen molar-refractivity contribution in [3.63, 3.8) is 0 Å². The highest BCUT2D eigenvalue weighted by Crippen LogP contribution is 2.40. The Kier molecular flexibility index (Phi) is 7.89.